The lowest BCUT2D eigenvalue weighted by atomic mass is 9.96. The molecular formula is C21H28F2N4O4S. The molecule has 0 spiro atoms. The van der Waals surface area contributed by atoms with Crippen molar-refractivity contribution in [1.29, 1.82) is 0 Å². The molecule has 1 saturated carbocycles. The van der Waals surface area contributed by atoms with E-state index in [1.54, 1.807) is 6.92 Å². The fraction of sp³-hybridized carbons (Fsp3) is 0.619. The molecule has 1 aromatic rings. The van der Waals surface area contributed by atoms with Gasteiger partial charge in [-0.25, -0.2) is 17.2 Å². The van der Waals surface area contributed by atoms with Gasteiger partial charge in [0.2, 0.25) is 15.9 Å². The van der Waals surface area contributed by atoms with E-state index in [4.69, 9.17) is 5.73 Å². The number of amides is 2. The minimum Gasteiger partial charge on any atom is -0.349 e. The summed E-state index contributed by atoms with van der Waals surface area (Å²) in [4.78, 5) is 24.2. The zero-order valence-electron chi connectivity index (χ0n) is 17.8. The van der Waals surface area contributed by atoms with E-state index < -0.39 is 45.4 Å². The summed E-state index contributed by atoms with van der Waals surface area (Å²) in [6.45, 7) is 1.62. The fourth-order valence-electron chi connectivity index (χ4n) is 5.00. The Kier molecular flexibility index (Phi) is 6.25. The summed E-state index contributed by atoms with van der Waals surface area (Å²) in [5, 5.41) is 4.50. The molecule has 3 aliphatic rings. The number of hydrogen-bond acceptors (Lipinski definition) is 5. The van der Waals surface area contributed by atoms with Crippen molar-refractivity contribution in [3.63, 3.8) is 0 Å². The number of carbonyl (C=O) groups is 2. The van der Waals surface area contributed by atoms with E-state index in [0.717, 1.165) is 10.4 Å². The van der Waals surface area contributed by atoms with Gasteiger partial charge in [-0.3, -0.25) is 9.59 Å². The molecule has 4 rings (SSSR count). The van der Waals surface area contributed by atoms with Gasteiger partial charge in [-0.05, 0) is 56.7 Å². The van der Waals surface area contributed by atoms with Crippen molar-refractivity contribution in [2.75, 3.05) is 5.32 Å². The minimum absolute atomic E-state index is 0.0190. The van der Waals surface area contributed by atoms with Crippen LogP contribution in [0, 0.1) is 5.82 Å². The molecule has 0 unspecified atom stereocenters. The minimum atomic E-state index is -3.84. The number of nitrogens with zero attached hydrogens (tertiary/aromatic N) is 1. The molecule has 11 heteroatoms. The summed E-state index contributed by atoms with van der Waals surface area (Å²) >= 11 is 0. The maximum atomic E-state index is 15.1. The van der Waals surface area contributed by atoms with Crippen LogP contribution < -0.4 is 16.4 Å². The smallest absolute Gasteiger partial charge is 0.254 e. The maximum absolute atomic E-state index is 15.1. The van der Waals surface area contributed by atoms with Crippen LogP contribution in [0.15, 0.2) is 12.1 Å². The van der Waals surface area contributed by atoms with Crippen molar-refractivity contribution < 1.29 is 26.8 Å². The maximum Gasteiger partial charge on any atom is 0.254 e. The van der Waals surface area contributed by atoms with E-state index in [0.29, 0.717) is 36.9 Å². The average molecular weight is 471 g/mol. The number of anilines is 1. The van der Waals surface area contributed by atoms with E-state index >= 15 is 4.39 Å². The van der Waals surface area contributed by atoms with Crippen LogP contribution in [0.2, 0.25) is 0 Å². The van der Waals surface area contributed by atoms with E-state index in [1.165, 1.54) is 6.07 Å². The Bertz CT molecular complexity index is 1010. The number of piperidine rings is 1. The molecule has 4 N–H and O–H groups in total. The zero-order valence-corrected chi connectivity index (χ0v) is 18.6. The monoisotopic (exact) mass is 470 g/mol. The Morgan fingerprint density at radius 1 is 1.22 bits per heavy atom. The fourth-order valence-corrected chi connectivity index (χ4v) is 7.20. The first-order valence-corrected chi connectivity index (χ1v) is 12.4. The number of rotatable bonds is 4. The van der Waals surface area contributed by atoms with E-state index in [9.17, 15) is 22.4 Å². The van der Waals surface area contributed by atoms with Crippen LogP contribution in [-0.2, 0) is 21.2 Å². The number of fused-ring (bicyclic) bond motifs is 1. The standard InChI is InChI=1S/C21H28F2N4O4S/c1-11-6-14(9-19(23)27(11)32(30,31)15-4-2-13(24)3-5-15)25-21(29)16-7-12-8-20(28)26-18(12)10-17(16)22/h7,10-11,13-15,19H,2-6,8-9,24H2,1H3,(H,25,29)(H,26,28)/t11-,13-,14+,15-,19-/m0/s1. The lowest BCUT2D eigenvalue weighted by molar-refractivity contribution is -0.115. The summed E-state index contributed by atoms with van der Waals surface area (Å²) in [5.74, 6) is -1.78. The summed E-state index contributed by atoms with van der Waals surface area (Å²) in [6, 6.07) is 1.10. The number of hydrogen-bond donors (Lipinski definition) is 3. The number of carbonyl (C=O) groups excluding carboxylic acids is 2. The molecule has 2 fully saturated rings. The van der Waals surface area contributed by atoms with Gasteiger partial charge in [-0.2, -0.15) is 4.31 Å². The van der Waals surface area contributed by atoms with Crippen molar-refractivity contribution in [1.82, 2.24) is 9.62 Å². The predicted octanol–water partition coefficient (Wildman–Crippen LogP) is 1.80. The third kappa shape index (κ3) is 4.38. The van der Waals surface area contributed by atoms with Gasteiger partial charge >= 0.3 is 0 Å². The van der Waals surface area contributed by atoms with Gasteiger partial charge in [-0.1, -0.05) is 0 Å². The first-order chi connectivity index (χ1) is 15.1. The Labute approximate surface area is 186 Å². The van der Waals surface area contributed by atoms with E-state index in [2.05, 4.69) is 10.6 Å². The van der Waals surface area contributed by atoms with E-state index in [1.807, 2.05) is 0 Å². The Morgan fingerprint density at radius 3 is 2.56 bits per heavy atom. The summed E-state index contributed by atoms with van der Waals surface area (Å²) in [5.41, 5.74) is 6.50. The molecule has 8 nitrogen and oxygen atoms in total. The first kappa shape index (κ1) is 23.1. The summed E-state index contributed by atoms with van der Waals surface area (Å²) in [6.07, 6.45) is 0.282. The molecule has 2 heterocycles. The lowest BCUT2D eigenvalue weighted by Crippen LogP contribution is -2.56. The van der Waals surface area contributed by atoms with Crippen molar-refractivity contribution in [3.05, 3.63) is 29.1 Å². The number of benzene rings is 1. The Balaban J connectivity index is 1.43. The molecule has 0 radical (unpaired) electrons. The normalized spacial score (nSPS) is 31.1. The van der Waals surface area contributed by atoms with Crippen LogP contribution >= 0.6 is 0 Å². The largest absolute Gasteiger partial charge is 0.349 e. The van der Waals surface area contributed by atoms with Crippen molar-refractivity contribution in [2.45, 2.75) is 81.5 Å². The van der Waals surface area contributed by atoms with E-state index in [-0.39, 0.29) is 36.8 Å². The SMILES string of the molecule is C[C@H]1C[C@@H](NC(=O)c2cc3c(cc2F)NC(=O)C3)C[C@@H](F)N1S(=O)(=O)[C@H]1CC[C@H](N)CC1. The van der Waals surface area contributed by atoms with Gasteiger partial charge < -0.3 is 16.4 Å². The second-order valence-electron chi connectivity index (χ2n) is 9.05. The van der Waals surface area contributed by atoms with Gasteiger partial charge in [0.25, 0.3) is 5.91 Å². The van der Waals surface area contributed by atoms with Crippen LogP contribution in [0.5, 0.6) is 0 Å². The van der Waals surface area contributed by atoms with Crippen LogP contribution in [0.25, 0.3) is 0 Å². The van der Waals surface area contributed by atoms with Crippen LogP contribution in [0.1, 0.15) is 61.4 Å². The van der Waals surface area contributed by atoms with Crippen molar-refractivity contribution >= 4 is 27.5 Å². The first-order valence-electron chi connectivity index (χ1n) is 10.9. The van der Waals surface area contributed by atoms with Crippen LogP contribution in [-0.4, -0.2) is 54.2 Å². The number of halogens is 2. The van der Waals surface area contributed by atoms with Crippen molar-refractivity contribution in [2.24, 2.45) is 5.73 Å². The van der Waals surface area contributed by atoms with Crippen LogP contribution in [0.3, 0.4) is 0 Å². The average Bonchev–Trinajstić information content (AvgIpc) is 3.05. The number of sulfonamides is 1. The molecule has 176 valence electrons. The molecule has 1 aliphatic carbocycles. The number of nitrogens with two attached hydrogens (primary N) is 1. The molecule has 32 heavy (non-hydrogen) atoms. The van der Waals surface area contributed by atoms with Gasteiger partial charge in [0.15, 0.2) is 6.30 Å². The number of alkyl halides is 1. The zero-order chi connectivity index (χ0) is 23.2. The summed E-state index contributed by atoms with van der Waals surface area (Å²) < 4.78 is 56.6. The number of nitrogens with one attached hydrogen (secondary N) is 2. The van der Waals surface area contributed by atoms with Gasteiger partial charge in [0.05, 0.1) is 17.2 Å². The highest BCUT2D eigenvalue weighted by atomic mass is 32.2. The molecule has 0 bridgehead atoms. The third-order valence-electron chi connectivity index (χ3n) is 6.65. The molecule has 2 aliphatic heterocycles. The highest BCUT2D eigenvalue weighted by molar-refractivity contribution is 7.89. The predicted molar refractivity (Wildman–Crippen MR) is 115 cm³/mol. The van der Waals surface area contributed by atoms with Gasteiger partial charge in [0.1, 0.15) is 5.82 Å². The van der Waals surface area contributed by atoms with Gasteiger partial charge in [-0.15, -0.1) is 0 Å². The Hall–Kier alpha value is -2.11. The highest BCUT2D eigenvalue weighted by Crippen LogP contribution is 2.34. The molecule has 1 saturated heterocycles. The molecule has 3 atom stereocenters. The molecule has 0 aromatic heterocycles. The second kappa shape index (κ2) is 8.68. The topological polar surface area (TPSA) is 122 Å². The van der Waals surface area contributed by atoms with Crippen LogP contribution in [0.4, 0.5) is 14.5 Å². The molecule has 2 amide bonds. The summed E-state index contributed by atoms with van der Waals surface area (Å²) in [7, 11) is -3.84. The quantitative estimate of drug-likeness (QED) is 0.580. The lowest BCUT2D eigenvalue weighted by Gasteiger charge is -2.41. The highest BCUT2D eigenvalue weighted by Gasteiger charge is 2.45. The van der Waals surface area contributed by atoms with Gasteiger partial charge in [0, 0.05) is 30.2 Å². The molecule has 1 aromatic carbocycles. The second-order valence-corrected chi connectivity index (χ2v) is 11.2. The molecular weight excluding hydrogens is 442 g/mol. The third-order valence-corrected chi connectivity index (χ3v) is 9.14. The van der Waals surface area contributed by atoms with Crippen molar-refractivity contribution in [3.8, 4) is 0 Å². The Morgan fingerprint density at radius 2 is 1.91 bits per heavy atom.